The topological polar surface area (TPSA) is 57.3 Å². The SMILES string of the molecule is CN(C)c1ccc(NC(=O)c2cncc(NCc3ccccc3Cl)c2)cc1. The van der Waals surface area contributed by atoms with Crippen molar-refractivity contribution in [3.63, 3.8) is 0 Å². The first kappa shape index (κ1) is 18.7. The Bertz CT molecular complexity index is 925. The van der Waals surface area contributed by atoms with E-state index in [0.29, 0.717) is 17.1 Å². The van der Waals surface area contributed by atoms with Crippen LogP contribution in [0, 0.1) is 0 Å². The molecule has 1 heterocycles. The quantitative estimate of drug-likeness (QED) is 0.652. The molecule has 0 radical (unpaired) electrons. The van der Waals surface area contributed by atoms with Crippen molar-refractivity contribution >= 4 is 34.6 Å². The molecule has 0 aliphatic carbocycles. The van der Waals surface area contributed by atoms with Gasteiger partial charge in [-0.1, -0.05) is 29.8 Å². The molecule has 0 bridgehead atoms. The zero-order valence-corrected chi connectivity index (χ0v) is 16.0. The first-order chi connectivity index (χ1) is 13.0. The molecule has 138 valence electrons. The predicted molar refractivity (Wildman–Crippen MR) is 112 cm³/mol. The molecule has 2 aromatic carbocycles. The minimum absolute atomic E-state index is 0.207. The van der Waals surface area contributed by atoms with Crippen molar-refractivity contribution in [1.29, 1.82) is 0 Å². The summed E-state index contributed by atoms with van der Waals surface area (Å²) in [6.45, 7) is 0.554. The predicted octanol–water partition coefficient (Wildman–Crippen LogP) is 4.67. The van der Waals surface area contributed by atoms with E-state index in [1.54, 1.807) is 18.5 Å². The van der Waals surface area contributed by atoms with Crippen molar-refractivity contribution in [2.75, 3.05) is 29.6 Å². The molecule has 0 saturated carbocycles. The fraction of sp³-hybridized carbons (Fsp3) is 0.143. The summed E-state index contributed by atoms with van der Waals surface area (Å²) in [5.41, 5.74) is 4.02. The van der Waals surface area contributed by atoms with Gasteiger partial charge in [0.1, 0.15) is 0 Å². The number of halogens is 1. The maximum atomic E-state index is 12.5. The van der Waals surface area contributed by atoms with Crippen LogP contribution in [0.2, 0.25) is 5.02 Å². The van der Waals surface area contributed by atoms with Gasteiger partial charge < -0.3 is 15.5 Å². The average molecular weight is 381 g/mol. The van der Waals surface area contributed by atoms with Crippen molar-refractivity contribution in [1.82, 2.24) is 4.98 Å². The molecule has 0 aliphatic rings. The fourth-order valence-electron chi connectivity index (χ4n) is 2.55. The Balaban J connectivity index is 1.65. The number of rotatable bonds is 6. The first-order valence-electron chi connectivity index (χ1n) is 8.54. The summed E-state index contributed by atoms with van der Waals surface area (Å²) in [6, 6.07) is 17.1. The lowest BCUT2D eigenvalue weighted by Gasteiger charge is -2.13. The average Bonchev–Trinajstić information content (AvgIpc) is 2.68. The van der Waals surface area contributed by atoms with Gasteiger partial charge in [0, 0.05) is 49.4 Å². The van der Waals surface area contributed by atoms with E-state index in [9.17, 15) is 4.79 Å². The van der Waals surface area contributed by atoms with Crippen LogP contribution in [0.15, 0.2) is 67.0 Å². The molecule has 2 N–H and O–H groups in total. The summed E-state index contributed by atoms with van der Waals surface area (Å²) in [4.78, 5) is 18.7. The zero-order valence-electron chi connectivity index (χ0n) is 15.2. The van der Waals surface area contributed by atoms with Crippen molar-refractivity contribution in [2.45, 2.75) is 6.54 Å². The van der Waals surface area contributed by atoms with Crippen LogP contribution >= 0.6 is 11.6 Å². The number of benzene rings is 2. The van der Waals surface area contributed by atoms with Gasteiger partial charge in [0.15, 0.2) is 0 Å². The Morgan fingerprint density at radius 1 is 1.04 bits per heavy atom. The molecule has 0 aliphatic heterocycles. The van der Waals surface area contributed by atoms with Crippen LogP contribution < -0.4 is 15.5 Å². The number of pyridine rings is 1. The highest BCUT2D eigenvalue weighted by Crippen LogP contribution is 2.19. The van der Waals surface area contributed by atoms with E-state index in [-0.39, 0.29) is 5.91 Å². The van der Waals surface area contributed by atoms with E-state index in [1.807, 2.05) is 67.5 Å². The summed E-state index contributed by atoms with van der Waals surface area (Å²) in [7, 11) is 3.95. The second-order valence-electron chi connectivity index (χ2n) is 6.30. The molecular formula is C21H21ClN4O. The van der Waals surface area contributed by atoms with Gasteiger partial charge in [-0.05, 0) is 42.0 Å². The third kappa shape index (κ3) is 4.99. The number of hydrogen-bond acceptors (Lipinski definition) is 4. The van der Waals surface area contributed by atoms with Gasteiger partial charge in [0.2, 0.25) is 0 Å². The van der Waals surface area contributed by atoms with Crippen LogP contribution in [0.1, 0.15) is 15.9 Å². The van der Waals surface area contributed by atoms with E-state index >= 15 is 0 Å². The molecule has 27 heavy (non-hydrogen) atoms. The fourth-order valence-corrected chi connectivity index (χ4v) is 2.75. The first-order valence-corrected chi connectivity index (χ1v) is 8.92. The minimum Gasteiger partial charge on any atom is -0.380 e. The molecule has 0 fully saturated rings. The highest BCUT2D eigenvalue weighted by Gasteiger charge is 2.08. The van der Waals surface area contributed by atoms with Crippen LogP contribution in [0.5, 0.6) is 0 Å². The molecule has 0 unspecified atom stereocenters. The maximum Gasteiger partial charge on any atom is 0.257 e. The van der Waals surface area contributed by atoms with Gasteiger partial charge >= 0.3 is 0 Å². The third-order valence-electron chi connectivity index (χ3n) is 4.08. The Kier molecular flexibility index (Phi) is 5.94. The third-order valence-corrected chi connectivity index (χ3v) is 4.45. The number of hydrogen-bond donors (Lipinski definition) is 2. The summed E-state index contributed by atoms with van der Waals surface area (Å²) in [6.07, 6.45) is 3.23. The molecule has 0 saturated heterocycles. The largest absolute Gasteiger partial charge is 0.380 e. The maximum absolute atomic E-state index is 12.5. The van der Waals surface area contributed by atoms with Crippen LogP contribution in [0.3, 0.4) is 0 Å². The molecule has 1 aromatic heterocycles. The van der Waals surface area contributed by atoms with Gasteiger partial charge in [-0.3, -0.25) is 9.78 Å². The van der Waals surface area contributed by atoms with E-state index in [4.69, 9.17) is 11.6 Å². The summed E-state index contributed by atoms with van der Waals surface area (Å²) in [5, 5.41) is 6.84. The van der Waals surface area contributed by atoms with E-state index in [1.165, 1.54) is 0 Å². The van der Waals surface area contributed by atoms with Gasteiger partial charge in [-0.2, -0.15) is 0 Å². The van der Waals surface area contributed by atoms with Gasteiger partial charge in [-0.15, -0.1) is 0 Å². The summed E-state index contributed by atoms with van der Waals surface area (Å²) < 4.78 is 0. The number of aromatic nitrogens is 1. The van der Waals surface area contributed by atoms with Gasteiger partial charge in [0.25, 0.3) is 5.91 Å². The molecule has 1 amide bonds. The summed E-state index contributed by atoms with van der Waals surface area (Å²) >= 11 is 6.17. The molecular weight excluding hydrogens is 360 g/mol. The van der Waals surface area contributed by atoms with Crippen LogP contribution in [0.4, 0.5) is 17.1 Å². The van der Waals surface area contributed by atoms with Crippen molar-refractivity contribution in [3.05, 3.63) is 83.1 Å². The number of amides is 1. The van der Waals surface area contributed by atoms with Gasteiger partial charge in [-0.25, -0.2) is 0 Å². The van der Waals surface area contributed by atoms with E-state index in [2.05, 4.69) is 15.6 Å². The second-order valence-corrected chi connectivity index (χ2v) is 6.71. The number of nitrogens with zero attached hydrogens (tertiary/aromatic N) is 2. The van der Waals surface area contributed by atoms with E-state index in [0.717, 1.165) is 22.6 Å². The Hall–Kier alpha value is -3.05. The standard InChI is InChI=1S/C21H21ClN4O/c1-26(2)19-9-7-17(8-10-19)25-21(27)16-11-18(14-23-12-16)24-13-15-5-3-4-6-20(15)22/h3-12,14,24H,13H2,1-2H3,(H,25,27). The Morgan fingerprint density at radius 3 is 2.48 bits per heavy atom. The molecule has 3 aromatic rings. The monoisotopic (exact) mass is 380 g/mol. The second kappa shape index (κ2) is 8.56. The van der Waals surface area contributed by atoms with Gasteiger partial charge in [0.05, 0.1) is 11.3 Å². The molecule has 3 rings (SSSR count). The van der Waals surface area contributed by atoms with Crippen LogP contribution in [0.25, 0.3) is 0 Å². The highest BCUT2D eigenvalue weighted by molar-refractivity contribution is 6.31. The summed E-state index contributed by atoms with van der Waals surface area (Å²) in [5.74, 6) is -0.207. The number of nitrogens with one attached hydrogen (secondary N) is 2. The molecule has 0 spiro atoms. The van der Waals surface area contributed by atoms with Crippen molar-refractivity contribution < 1.29 is 4.79 Å². The molecule has 0 atom stereocenters. The normalized spacial score (nSPS) is 10.3. The minimum atomic E-state index is -0.207. The van der Waals surface area contributed by atoms with E-state index < -0.39 is 0 Å². The molecule has 5 nitrogen and oxygen atoms in total. The lowest BCUT2D eigenvalue weighted by Crippen LogP contribution is -2.13. The number of carbonyl (C=O) groups excluding carboxylic acids is 1. The number of carbonyl (C=O) groups is 1. The van der Waals surface area contributed by atoms with Crippen LogP contribution in [-0.2, 0) is 6.54 Å². The lowest BCUT2D eigenvalue weighted by molar-refractivity contribution is 0.102. The lowest BCUT2D eigenvalue weighted by atomic mass is 10.2. The molecule has 6 heteroatoms. The van der Waals surface area contributed by atoms with Crippen molar-refractivity contribution in [3.8, 4) is 0 Å². The smallest absolute Gasteiger partial charge is 0.257 e. The van der Waals surface area contributed by atoms with Crippen molar-refractivity contribution in [2.24, 2.45) is 0 Å². The Labute approximate surface area is 164 Å². The highest BCUT2D eigenvalue weighted by atomic mass is 35.5. The van der Waals surface area contributed by atoms with Crippen LogP contribution in [-0.4, -0.2) is 25.0 Å². The Morgan fingerprint density at radius 2 is 1.78 bits per heavy atom. The number of anilines is 3. The zero-order chi connectivity index (χ0) is 19.2.